The maximum Gasteiger partial charge on any atom is 0.161 e. The molecule has 4 rings (SSSR count). The Morgan fingerprint density at radius 1 is 1.25 bits per heavy atom. The summed E-state index contributed by atoms with van der Waals surface area (Å²) in [5.74, 6) is 0.971. The van der Waals surface area contributed by atoms with Crippen LogP contribution in [-0.2, 0) is 4.74 Å². The molecule has 0 radical (unpaired) electrons. The molecule has 24 heavy (non-hydrogen) atoms. The van der Waals surface area contributed by atoms with Crippen LogP contribution < -0.4 is 5.32 Å². The normalized spacial score (nSPS) is 17.5. The van der Waals surface area contributed by atoms with Gasteiger partial charge in [0.25, 0.3) is 0 Å². The summed E-state index contributed by atoms with van der Waals surface area (Å²) in [5.41, 5.74) is 5.09. The summed E-state index contributed by atoms with van der Waals surface area (Å²) in [6, 6.07) is 12.3. The highest BCUT2D eigenvalue weighted by Gasteiger charge is 2.18. The first-order chi connectivity index (χ1) is 11.7. The van der Waals surface area contributed by atoms with Crippen molar-refractivity contribution in [2.45, 2.75) is 32.8 Å². The number of benzene rings is 1. The summed E-state index contributed by atoms with van der Waals surface area (Å²) in [4.78, 5) is 4.69. The van der Waals surface area contributed by atoms with Crippen molar-refractivity contribution in [2.24, 2.45) is 0 Å². The van der Waals surface area contributed by atoms with Crippen molar-refractivity contribution in [3.63, 3.8) is 0 Å². The van der Waals surface area contributed by atoms with Crippen LogP contribution >= 0.6 is 0 Å². The fourth-order valence-electron chi connectivity index (χ4n) is 3.26. The molecule has 0 saturated carbocycles. The van der Waals surface area contributed by atoms with Crippen molar-refractivity contribution in [2.75, 3.05) is 18.5 Å². The Morgan fingerprint density at radius 3 is 2.83 bits per heavy atom. The van der Waals surface area contributed by atoms with Crippen molar-refractivity contribution in [1.29, 1.82) is 0 Å². The van der Waals surface area contributed by atoms with Crippen molar-refractivity contribution in [1.82, 2.24) is 14.6 Å². The van der Waals surface area contributed by atoms with Crippen LogP contribution in [0.2, 0.25) is 0 Å². The quantitative estimate of drug-likeness (QED) is 0.797. The van der Waals surface area contributed by atoms with E-state index in [0.29, 0.717) is 6.10 Å². The molecule has 5 heteroatoms. The lowest BCUT2D eigenvalue weighted by molar-refractivity contribution is 0.120. The minimum Gasteiger partial charge on any atom is -0.376 e. The summed E-state index contributed by atoms with van der Waals surface area (Å²) >= 11 is 0. The molecule has 2 aromatic heterocycles. The predicted molar refractivity (Wildman–Crippen MR) is 95.4 cm³/mol. The average Bonchev–Trinajstić information content (AvgIpc) is 3.22. The molecular weight excluding hydrogens is 300 g/mol. The molecule has 0 unspecified atom stereocenters. The number of aryl methyl sites for hydroxylation is 2. The van der Waals surface area contributed by atoms with E-state index in [1.54, 1.807) is 0 Å². The maximum absolute atomic E-state index is 5.71. The van der Waals surface area contributed by atoms with E-state index in [1.165, 1.54) is 0 Å². The van der Waals surface area contributed by atoms with Gasteiger partial charge in [0, 0.05) is 36.0 Å². The van der Waals surface area contributed by atoms with Crippen LogP contribution in [0.3, 0.4) is 0 Å². The van der Waals surface area contributed by atoms with Crippen LogP contribution in [0.1, 0.15) is 24.1 Å². The van der Waals surface area contributed by atoms with Gasteiger partial charge in [-0.2, -0.15) is 9.61 Å². The number of fused-ring (bicyclic) bond motifs is 1. The first-order valence-electron chi connectivity index (χ1n) is 8.50. The summed E-state index contributed by atoms with van der Waals surface area (Å²) < 4.78 is 7.62. The summed E-state index contributed by atoms with van der Waals surface area (Å²) in [6.45, 7) is 5.78. The number of rotatable bonds is 4. The summed E-state index contributed by atoms with van der Waals surface area (Å²) in [5, 5.41) is 8.32. The molecule has 0 aliphatic carbocycles. The molecule has 124 valence electrons. The van der Waals surface area contributed by atoms with Crippen molar-refractivity contribution in [3.05, 3.63) is 47.7 Å². The van der Waals surface area contributed by atoms with Gasteiger partial charge in [-0.25, -0.2) is 4.98 Å². The third-order valence-corrected chi connectivity index (χ3v) is 4.53. The number of nitrogens with zero attached hydrogens (tertiary/aromatic N) is 3. The monoisotopic (exact) mass is 322 g/mol. The van der Waals surface area contributed by atoms with Gasteiger partial charge in [-0.3, -0.25) is 0 Å². The fourth-order valence-corrected chi connectivity index (χ4v) is 3.26. The van der Waals surface area contributed by atoms with Gasteiger partial charge in [0.2, 0.25) is 0 Å². The number of nitrogens with one attached hydrogen (secondary N) is 1. The second kappa shape index (κ2) is 6.24. The topological polar surface area (TPSA) is 51.5 Å². The van der Waals surface area contributed by atoms with E-state index in [-0.39, 0.29) is 0 Å². The molecule has 5 nitrogen and oxygen atoms in total. The molecule has 1 N–H and O–H groups in total. The molecular formula is C19H22N4O. The Hall–Kier alpha value is -2.40. The average molecular weight is 322 g/mol. The molecule has 3 aromatic rings. The minimum absolute atomic E-state index is 0.291. The lowest BCUT2D eigenvalue weighted by Crippen LogP contribution is -2.20. The Bertz CT molecular complexity index is 851. The zero-order valence-corrected chi connectivity index (χ0v) is 14.1. The highest BCUT2D eigenvalue weighted by molar-refractivity contribution is 5.71. The molecule has 0 amide bonds. The first kappa shape index (κ1) is 15.1. The maximum atomic E-state index is 5.71. The third-order valence-electron chi connectivity index (χ3n) is 4.53. The largest absolute Gasteiger partial charge is 0.376 e. The number of ether oxygens (including phenoxy) is 1. The molecule has 1 aliphatic rings. The second-order valence-corrected chi connectivity index (χ2v) is 6.37. The molecule has 1 atom stereocenters. The van der Waals surface area contributed by atoms with Gasteiger partial charge >= 0.3 is 0 Å². The molecule has 1 saturated heterocycles. The predicted octanol–water partition coefficient (Wildman–Crippen LogP) is 3.60. The van der Waals surface area contributed by atoms with Gasteiger partial charge in [0.1, 0.15) is 5.82 Å². The number of anilines is 1. The van der Waals surface area contributed by atoms with Crippen LogP contribution in [0.15, 0.2) is 36.4 Å². The smallest absolute Gasteiger partial charge is 0.161 e. The van der Waals surface area contributed by atoms with Gasteiger partial charge in [-0.05, 0) is 26.7 Å². The summed E-state index contributed by atoms with van der Waals surface area (Å²) in [7, 11) is 0. The van der Waals surface area contributed by atoms with Gasteiger partial charge in [0.15, 0.2) is 5.65 Å². The minimum atomic E-state index is 0.291. The van der Waals surface area contributed by atoms with Gasteiger partial charge < -0.3 is 10.1 Å². The van der Waals surface area contributed by atoms with E-state index in [0.717, 1.165) is 60.0 Å². The molecule has 3 heterocycles. The highest BCUT2D eigenvalue weighted by Crippen LogP contribution is 2.26. The van der Waals surface area contributed by atoms with Crippen LogP contribution in [-0.4, -0.2) is 33.9 Å². The zero-order chi connectivity index (χ0) is 16.5. The highest BCUT2D eigenvalue weighted by atomic mass is 16.5. The number of hydrogen-bond acceptors (Lipinski definition) is 4. The third kappa shape index (κ3) is 2.76. The zero-order valence-electron chi connectivity index (χ0n) is 14.1. The fraction of sp³-hybridized carbons (Fsp3) is 0.368. The Morgan fingerprint density at radius 2 is 2.08 bits per heavy atom. The molecule has 0 bridgehead atoms. The molecule has 1 aromatic carbocycles. The van der Waals surface area contributed by atoms with E-state index < -0.39 is 0 Å². The van der Waals surface area contributed by atoms with Crippen LogP contribution in [0.25, 0.3) is 16.9 Å². The Kier molecular flexibility index (Phi) is 3.94. The number of aromatic nitrogens is 3. The van der Waals surface area contributed by atoms with E-state index in [2.05, 4.69) is 24.4 Å². The lowest BCUT2D eigenvalue weighted by Gasteiger charge is -2.13. The molecule has 1 fully saturated rings. The number of hydrogen-bond donors (Lipinski definition) is 1. The van der Waals surface area contributed by atoms with Crippen LogP contribution in [0.4, 0.5) is 5.82 Å². The van der Waals surface area contributed by atoms with E-state index in [1.807, 2.05) is 35.7 Å². The van der Waals surface area contributed by atoms with Gasteiger partial charge in [0.05, 0.1) is 11.8 Å². The van der Waals surface area contributed by atoms with Crippen molar-refractivity contribution in [3.8, 4) is 11.3 Å². The van der Waals surface area contributed by atoms with Crippen LogP contribution in [0, 0.1) is 13.8 Å². The van der Waals surface area contributed by atoms with Crippen LogP contribution in [0.5, 0.6) is 0 Å². The second-order valence-electron chi connectivity index (χ2n) is 6.37. The molecule has 0 spiro atoms. The van der Waals surface area contributed by atoms with E-state index >= 15 is 0 Å². The molecule has 1 aliphatic heterocycles. The van der Waals surface area contributed by atoms with Gasteiger partial charge in [-0.15, -0.1) is 0 Å². The Labute approximate surface area is 141 Å². The summed E-state index contributed by atoms with van der Waals surface area (Å²) in [6.07, 6.45) is 2.56. The van der Waals surface area contributed by atoms with E-state index in [4.69, 9.17) is 14.8 Å². The first-order valence-corrected chi connectivity index (χ1v) is 8.50. The van der Waals surface area contributed by atoms with Crippen molar-refractivity contribution >= 4 is 11.5 Å². The lowest BCUT2D eigenvalue weighted by atomic mass is 10.1. The van der Waals surface area contributed by atoms with Gasteiger partial charge in [-0.1, -0.05) is 30.3 Å². The SMILES string of the molecule is Cc1cc(NC[C@H]2CCCO2)n2nc(-c3ccccc3)c(C)c2n1. The Balaban J connectivity index is 1.74. The van der Waals surface area contributed by atoms with Crippen molar-refractivity contribution < 1.29 is 4.74 Å². The standard InChI is InChI=1S/C19H22N4O/c1-13-11-17(20-12-16-9-6-10-24-16)23-19(21-13)14(2)18(22-23)15-7-4-3-5-8-15/h3-5,7-8,11,16,20H,6,9-10,12H2,1-2H3/t16-/m1/s1. The van der Waals surface area contributed by atoms with E-state index in [9.17, 15) is 0 Å².